The van der Waals surface area contributed by atoms with E-state index in [4.69, 9.17) is 0 Å². The summed E-state index contributed by atoms with van der Waals surface area (Å²) in [5.41, 5.74) is 0.580. The zero-order valence-corrected chi connectivity index (χ0v) is 17.7. The maximum absolute atomic E-state index is 13.3. The average Bonchev–Trinajstić information content (AvgIpc) is 3.32. The number of thiazole rings is 1. The molecule has 1 aromatic carbocycles. The highest BCUT2D eigenvalue weighted by Crippen LogP contribution is 2.33. The first-order valence-corrected chi connectivity index (χ1v) is 11.9. The summed E-state index contributed by atoms with van der Waals surface area (Å²) in [7, 11) is -3.74. The molecule has 0 saturated carbocycles. The molecule has 3 aromatic rings. The van der Waals surface area contributed by atoms with E-state index in [0.717, 1.165) is 22.7 Å². The molecule has 4 rings (SSSR count). The molecule has 6 nitrogen and oxygen atoms in total. The number of carbonyl (C=O) groups excluding carboxylic acids is 1. The summed E-state index contributed by atoms with van der Waals surface area (Å²) in [4.78, 5) is 17.0. The molecule has 1 saturated heterocycles. The van der Waals surface area contributed by atoms with Crippen molar-refractivity contribution in [3.8, 4) is 0 Å². The van der Waals surface area contributed by atoms with Crippen LogP contribution in [0.15, 0.2) is 38.3 Å². The van der Waals surface area contributed by atoms with Crippen molar-refractivity contribution < 1.29 is 17.6 Å². The fourth-order valence-electron chi connectivity index (χ4n) is 2.98. The second-order valence-corrected chi connectivity index (χ2v) is 11.6. The number of rotatable bonds is 4. The highest BCUT2D eigenvalue weighted by Gasteiger charge is 2.40. The minimum absolute atomic E-state index is 0.199. The van der Waals surface area contributed by atoms with Gasteiger partial charge in [0.2, 0.25) is 5.91 Å². The van der Waals surface area contributed by atoms with Gasteiger partial charge in [-0.25, -0.2) is 17.8 Å². The van der Waals surface area contributed by atoms with Crippen LogP contribution in [0, 0.1) is 5.82 Å². The molecule has 1 aliphatic rings. The van der Waals surface area contributed by atoms with Crippen molar-refractivity contribution in [3.05, 3.63) is 39.9 Å². The summed E-state index contributed by atoms with van der Waals surface area (Å²) >= 11 is 5.53. The van der Waals surface area contributed by atoms with E-state index in [1.165, 1.54) is 28.6 Å². The summed E-state index contributed by atoms with van der Waals surface area (Å²) in [6.45, 7) is 0.293. The van der Waals surface area contributed by atoms with Crippen LogP contribution in [0.5, 0.6) is 0 Å². The first-order valence-electron chi connectivity index (χ1n) is 7.99. The molecule has 0 radical (unpaired) electrons. The Labute approximate surface area is 171 Å². The number of benzene rings is 1. The molecule has 1 aliphatic heterocycles. The van der Waals surface area contributed by atoms with E-state index in [9.17, 15) is 17.6 Å². The van der Waals surface area contributed by atoms with Gasteiger partial charge >= 0.3 is 0 Å². The van der Waals surface area contributed by atoms with Gasteiger partial charge < -0.3 is 5.32 Å². The number of anilines is 1. The molecule has 1 amide bonds. The SMILES string of the molecule is O=C(Nc1nc2ccc(F)cc2s1)C1CCCN1S(=O)(=O)c1ccc(Br)s1. The van der Waals surface area contributed by atoms with Crippen LogP contribution in [0.3, 0.4) is 0 Å². The van der Waals surface area contributed by atoms with Crippen LogP contribution in [0.1, 0.15) is 12.8 Å². The number of aromatic nitrogens is 1. The topological polar surface area (TPSA) is 79.4 Å². The number of hydrogen-bond acceptors (Lipinski definition) is 6. The number of halogens is 2. The summed E-state index contributed by atoms with van der Waals surface area (Å²) in [6, 6.07) is 6.60. The Morgan fingerprint density at radius 2 is 2.11 bits per heavy atom. The van der Waals surface area contributed by atoms with Crippen LogP contribution in [0.4, 0.5) is 9.52 Å². The molecule has 142 valence electrons. The molecule has 1 unspecified atom stereocenters. The van der Waals surface area contributed by atoms with Crippen molar-refractivity contribution in [1.82, 2.24) is 9.29 Å². The van der Waals surface area contributed by atoms with E-state index in [0.29, 0.717) is 38.5 Å². The van der Waals surface area contributed by atoms with Crippen LogP contribution in [0.25, 0.3) is 10.2 Å². The predicted molar refractivity (Wildman–Crippen MR) is 107 cm³/mol. The van der Waals surface area contributed by atoms with Gasteiger partial charge in [0, 0.05) is 6.54 Å². The fourth-order valence-corrected chi connectivity index (χ4v) is 7.67. The smallest absolute Gasteiger partial charge is 0.253 e. The minimum atomic E-state index is -3.74. The van der Waals surface area contributed by atoms with Gasteiger partial charge in [-0.2, -0.15) is 4.31 Å². The molecule has 1 N–H and O–H groups in total. The summed E-state index contributed by atoms with van der Waals surface area (Å²) in [5, 5.41) is 3.01. The van der Waals surface area contributed by atoms with Crippen LogP contribution < -0.4 is 5.32 Å². The van der Waals surface area contributed by atoms with Crippen molar-refractivity contribution in [2.75, 3.05) is 11.9 Å². The largest absolute Gasteiger partial charge is 0.301 e. The van der Waals surface area contributed by atoms with Gasteiger partial charge in [-0.05, 0) is 59.1 Å². The van der Waals surface area contributed by atoms with E-state index >= 15 is 0 Å². The maximum atomic E-state index is 13.3. The van der Waals surface area contributed by atoms with E-state index < -0.39 is 22.0 Å². The summed E-state index contributed by atoms with van der Waals surface area (Å²) in [6.07, 6.45) is 1.05. The first-order chi connectivity index (χ1) is 12.8. The van der Waals surface area contributed by atoms with E-state index in [-0.39, 0.29) is 10.0 Å². The lowest BCUT2D eigenvalue weighted by atomic mass is 10.2. The number of hydrogen-bond donors (Lipinski definition) is 1. The van der Waals surface area contributed by atoms with Gasteiger partial charge in [0.15, 0.2) is 5.13 Å². The highest BCUT2D eigenvalue weighted by molar-refractivity contribution is 9.11. The number of sulfonamides is 1. The maximum Gasteiger partial charge on any atom is 0.253 e. The Kier molecular flexibility index (Phi) is 5.06. The molecule has 0 spiro atoms. The number of thiophene rings is 1. The Bertz CT molecular complexity index is 1130. The van der Waals surface area contributed by atoms with Gasteiger partial charge in [-0.15, -0.1) is 11.3 Å². The number of nitrogens with zero attached hydrogens (tertiary/aromatic N) is 2. The second kappa shape index (κ2) is 7.21. The van der Waals surface area contributed by atoms with Crippen molar-refractivity contribution in [1.29, 1.82) is 0 Å². The number of nitrogens with one attached hydrogen (secondary N) is 1. The number of amides is 1. The molecule has 11 heteroatoms. The molecular weight excluding hydrogens is 477 g/mol. The highest BCUT2D eigenvalue weighted by atomic mass is 79.9. The molecule has 3 heterocycles. The Balaban J connectivity index is 1.56. The third-order valence-electron chi connectivity index (χ3n) is 4.20. The normalized spacial score (nSPS) is 18.2. The van der Waals surface area contributed by atoms with Gasteiger partial charge in [-0.1, -0.05) is 11.3 Å². The van der Waals surface area contributed by atoms with Crippen molar-refractivity contribution in [3.63, 3.8) is 0 Å². The lowest BCUT2D eigenvalue weighted by molar-refractivity contribution is -0.119. The van der Waals surface area contributed by atoms with Crippen LogP contribution in [-0.4, -0.2) is 36.2 Å². The summed E-state index contributed by atoms with van der Waals surface area (Å²) in [5.74, 6) is -0.801. The average molecular weight is 490 g/mol. The standard InChI is InChI=1S/C16H13BrFN3O3S3/c17-13-5-6-14(26-13)27(23,24)21-7-1-2-11(21)15(22)20-16-19-10-4-3-9(18)8-12(10)25-16/h3-6,8,11H,1-2,7H2,(H,19,20,22). The quantitative estimate of drug-likeness (QED) is 0.599. The minimum Gasteiger partial charge on any atom is -0.301 e. The lowest BCUT2D eigenvalue weighted by Gasteiger charge is -2.22. The van der Waals surface area contributed by atoms with E-state index in [2.05, 4.69) is 26.2 Å². The molecule has 2 aromatic heterocycles. The fraction of sp³-hybridized carbons (Fsp3) is 0.250. The number of fused-ring (bicyclic) bond motifs is 1. The van der Waals surface area contributed by atoms with Crippen LogP contribution in [0.2, 0.25) is 0 Å². The van der Waals surface area contributed by atoms with Gasteiger partial charge in [0.05, 0.1) is 14.0 Å². The monoisotopic (exact) mass is 489 g/mol. The van der Waals surface area contributed by atoms with Crippen molar-refractivity contribution >= 4 is 69.9 Å². The third-order valence-corrected chi connectivity index (χ3v) is 9.13. The third kappa shape index (κ3) is 3.66. The molecule has 0 bridgehead atoms. The van der Waals surface area contributed by atoms with Gasteiger partial charge in [0.25, 0.3) is 10.0 Å². The number of carbonyl (C=O) groups is 1. The molecule has 27 heavy (non-hydrogen) atoms. The van der Waals surface area contributed by atoms with E-state index in [1.54, 1.807) is 6.07 Å². The van der Waals surface area contributed by atoms with Crippen molar-refractivity contribution in [2.24, 2.45) is 0 Å². The lowest BCUT2D eigenvalue weighted by Crippen LogP contribution is -2.42. The first kappa shape index (κ1) is 18.9. The van der Waals surface area contributed by atoms with Gasteiger partial charge in [0.1, 0.15) is 16.1 Å². The second-order valence-electron chi connectivity index (χ2n) is 5.95. The van der Waals surface area contributed by atoms with Crippen molar-refractivity contribution in [2.45, 2.75) is 23.1 Å². The summed E-state index contributed by atoms with van der Waals surface area (Å²) < 4.78 is 41.8. The Morgan fingerprint density at radius 3 is 2.85 bits per heavy atom. The molecule has 1 fully saturated rings. The zero-order chi connectivity index (χ0) is 19.2. The molecule has 1 atom stereocenters. The Morgan fingerprint density at radius 1 is 1.30 bits per heavy atom. The van der Waals surface area contributed by atoms with Crippen LogP contribution >= 0.6 is 38.6 Å². The van der Waals surface area contributed by atoms with Gasteiger partial charge in [-0.3, -0.25) is 4.79 Å². The molecule has 0 aliphatic carbocycles. The molecular formula is C16H13BrFN3O3S3. The van der Waals surface area contributed by atoms with Crippen LogP contribution in [-0.2, 0) is 14.8 Å². The predicted octanol–water partition coefficient (Wildman–Crippen LogP) is 4.05. The Hall–Kier alpha value is -1.40. The zero-order valence-electron chi connectivity index (χ0n) is 13.7. The van der Waals surface area contributed by atoms with E-state index in [1.807, 2.05) is 0 Å².